The van der Waals surface area contributed by atoms with Crippen molar-refractivity contribution in [3.05, 3.63) is 77.0 Å². The van der Waals surface area contributed by atoms with Crippen molar-refractivity contribution in [2.75, 3.05) is 0 Å². The monoisotopic (exact) mass is 314 g/mol. The van der Waals surface area contributed by atoms with Crippen LogP contribution in [0, 0.1) is 20.8 Å². The van der Waals surface area contributed by atoms with Gasteiger partial charge in [-0.05, 0) is 60.2 Å². The Bertz CT molecular complexity index is 1040. The van der Waals surface area contributed by atoms with Crippen LogP contribution in [-0.2, 0) is 13.0 Å². The van der Waals surface area contributed by atoms with Gasteiger partial charge in [0.1, 0.15) is 0 Å². The van der Waals surface area contributed by atoms with E-state index < -0.39 is 0 Å². The first-order chi connectivity index (χ1) is 11.6. The van der Waals surface area contributed by atoms with Crippen molar-refractivity contribution in [3.8, 4) is 0 Å². The molecule has 0 atom stereocenters. The summed E-state index contributed by atoms with van der Waals surface area (Å²) in [4.78, 5) is 0. The number of aromatic nitrogens is 2. The van der Waals surface area contributed by atoms with Crippen molar-refractivity contribution in [2.24, 2.45) is 0 Å². The maximum absolute atomic E-state index is 4.62. The van der Waals surface area contributed by atoms with Crippen molar-refractivity contribution in [2.45, 2.75) is 33.7 Å². The smallest absolute Gasteiger partial charge is 0.0714 e. The molecule has 120 valence electrons. The van der Waals surface area contributed by atoms with Crippen LogP contribution in [0.25, 0.3) is 21.7 Å². The van der Waals surface area contributed by atoms with Crippen molar-refractivity contribution >= 4 is 21.7 Å². The van der Waals surface area contributed by atoms with Crippen LogP contribution in [-0.4, -0.2) is 9.78 Å². The minimum absolute atomic E-state index is 0.910. The minimum atomic E-state index is 0.910. The summed E-state index contributed by atoms with van der Waals surface area (Å²) in [6.07, 6.45) is 2.98. The van der Waals surface area contributed by atoms with Crippen LogP contribution in [0.3, 0.4) is 0 Å². The van der Waals surface area contributed by atoms with Crippen LogP contribution in [0.4, 0.5) is 0 Å². The molecule has 0 aliphatic heterocycles. The first-order valence-corrected chi connectivity index (χ1v) is 8.54. The molecule has 0 spiro atoms. The van der Waals surface area contributed by atoms with Gasteiger partial charge in [-0.2, -0.15) is 5.10 Å². The first kappa shape index (κ1) is 14.9. The Balaban J connectivity index is 1.68. The Morgan fingerprint density at radius 1 is 0.833 bits per heavy atom. The van der Waals surface area contributed by atoms with Crippen LogP contribution >= 0.6 is 0 Å². The van der Waals surface area contributed by atoms with E-state index in [0.717, 1.165) is 13.0 Å². The lowest BCUT2D eigenvalue weighted by Crippen LogP contribution is -2.05. The third-order valence-corrected chi connectivity index (χ3v) is 5.23. The molecule has 0 unspecified atom stereocenters. The second-order valence-electron chi connectivity index (χ2n) is 6.63. The summed E-state index contributed by atoms with van der Waals surface area (Å²) in [5.41, 5.74) is 6.72. The highest BCUT2D eigenvalue weighted by atomic mass is 15.3. The maximum Gasteiger partial charge on any atom is 0.0714 e. The van der Waals surface area contributed by atoms with Crippen LogP contribution in [0.15, 0.2) is 54.7 Å². The molecule has 0 fully saturated rings. The average molecular weight is 314 g/mol. The van der Waals surface area contributed by atoms with Crippen LogP contribution in [0.2, 0.25) is 0 Å². The number of benzene rings is 3. The summed E-state index contributed by atoms with van der Waals surface area (Å²) >= 11 is 0. The molecular formula is C22H22N2. The molecule has 0 saturated carbocycles. The molecule has 2 nitrogen and oxygen atoms in total. The van der Waals surface area contributed by atoms with E-state index in [1.54, 1.807) is 0 Å². The van der Waals surface area contributed by atoms with Gasteiger partial charge in [-0.1, -0.05) is 48.5 Å². The Labute approximate surface area is 142 Å². The fourth-order valence-corrected chi connectivity index (χ4v) is 3.60. The molecule has 0 radical (unpaired) electrons. The predicted molar refractivity (Wildman–Crippen MR) is 102 cm³/mol. The molecular weight excluding hydrogens is 292 g/mol. The van der Waals surface area contributed by atoms with E-state index in [1.165, 1.54) is 43.9 Å². The van der Waals surface area contributed by atoms with Gasteiger partial charge in [0.2, 0.25) is 0 Å². The molecule has 1 heterocycles. The molecule has 0 saturated heterocycles. The SMILES string of the molecule is Cc1ccc2cnn(CCc3ccc4ccccc4c3C)c2c1C. The summed E-state index contributed by atoms with van der Waals surface area (Å²) in [6.45, 7) is 7.50. The van der Waals surface area contributed by atoms with Gasteiger partial charge >= 0.3 is 0 Å². The van der Waals surface area contributed by atoms with Gasteiger partial charge in [0.15, 0.2) is 0 Å². The van der Waals surface area contributed by atoms with E-state index >= 15 is 0 Å². The van der Waals surface area contributed by atoms with Gasteiger partial charge in [-0.25, -0.2) is 0 Å². The molecule has 2 heteroatoms. The minimum Gasteiger partial charge on any atom is -0.264 e. The lowest BCUT2D eigenvalue weighted by molar-refractivity contribution is 0.633. The summed E-state index contributed by atoms with van der Waals surface area (Å²) in [6, 6.07) is 17.5. The van der Waals surface area contributed by atoms with Crippen molar-refractivity contribution in [3.63, 3.8) is 0 Å². The van der Waals surface area contributed by atoms with Gasteiger partial charge in [0.05, 0.1) is 11.7 Å². The molecule has 1 aromatic heterocycles. The fourth-order valence-electron chi connectivity index (χ4n) is 3.60. The molecule has 0 N–H and O–H groups in total. The van der Waals surface area contributed by atoms with Gasteiger partial charge in [-0.15, -0.1) is 0 Å². The Kier molecular flexibility index (Phi) is 3.61. The van der Waals surface area contributed by atoms with Crippen LogP contribution in [0.5, 0.6) is 0 Å². The number of fused-ring (bicyclic) bond motifs is 2. The molecule has 24 heavy (non-hydrogen) atoms. The van der Waals surface area contributed by atoms with Crippen LogP contribution < -0.4 is 0 Å². The second-order valence-corrected chi connectivity index (χ2v) is 6.63. The lowest BCUT2D eigenvalue weighted by Gasteiger charge is -2.11. The van der Waals surface area contributed by atoms with Crippen molar-refractivity contribution in [1.82, 2.24) is 9.78 Å². The third-order valence-electron chi connectivity index (χ3n) is 5.23. The molecule has 3 aromatic carbocycles. The standard InChI is InChI=1S/C22H22N2/c1-15-8-9-20-14-23-24(22(20)16(15)2)13-12-18-10-11-19-6-4-5-7-21(19)17(18)3/h4-11,14H,12-13H2,1-3H3. The zero-order valence-electron chi connectivity index (χ0n) is 14.5. The summed E-state index contributed by atoms with van der Waals surface area (Å²) in [5.74, 6) is 0. The number of nitrogens with zero attached hydrogens (tertiary/aromatic N) is 2. The Hall–Kier alpha value is -2.61. The topological polar surface area (TPSA) is 17.8 Å². The fraction of sp³-hybridized carbons (Fsp3) is 0.227. The lowest BCUT2D eigenvalue weighted by atomic mass is 9.98. The van der Waals surface area contributed by atoms with E-state index in [0.29, 0.717) is 0 Å². The Morgan fingerprint density at radius 3 is 2.50 bits per heavy atom. The van der Waals surface area contributed by atoms with E-state index in [2.05, 4.69) is 79.1 Å². The number of aryl methyl sites for hydroxylation is 5. The van der Waals surface area contributed by atoms with Gasteiger partial charge < -0.3 is 0 Å². The molecule has 0 aliphatic rings. The molecule has 0 amide bonds. The van der Waals surface area contributed by atoms with E-state index in [1.807, 2.05) is 6.20 Å². The molecule has 4 rings (SSSR count). The van der Waals surface area contributed by atoms with Gasteiger partial charge in [-0.3, -0.25) is 4.68 Å². The number of hydrogen-bond donors (Lipinski definition) is 0. The summed E-state index contributed by atoms with van der Waals surface area (Å²) in [5, 5.41) is 8.52. The van der Waals surface area contributed by atoms with Gasteiger partial charge in [0, 0.05) is 11.9 Å². The predicted octanol–water partition coefficient (Wildman–Crippen LogP) is 5.36. The highest BCUT2D eigenvalue weighted by Crippen LogP contribution is 2.24. The zero-order chi connectivity index (χ0) is 16.7. The molecule has 0 aliphatic carbocycles. The van der Waals surface area contributed by atoms with Crippen LogP contribution in [0.1, 0.15) is 22.3 Å². The quantitative estimate of drug-likeness (QED) is 0.498. The van der Waals surface area contributed by atoms with Crippen molar-refractivity contribution in [1.29, 1.82) is 0 Å². The Morgan fingerprint density at radius 2 is 1.62 bits per heavy atom. The summed E-state index contributed by atoms with van der Waals surface area (Å²) < 4.78 is 2.16. The normalized spacial score (nSPS) is 11.5. The number of rotatable bonds is 3. The van der Waals surface area contributed by atoms with E-state index in [-0.39, 0.29) is 0 Å². The maximum atomic E-state index is 4.62. The zero-order valence-corrected chi connectivity index (χ0v) is 14.5. The summed E-state index contributed by atoms with van der Waals surface area (Å²) in [7, 11) is 0. The van der Waals surface area contributed by atoms with E-state index in [4.69, 9.17) is 0 Å². The second kappa shape index (κ2) is 5.79. The largest absolute Gasteiger partial charge is 0.264 e. The van der Waals surface area contributed by atoms with Crippen molar-refractivity contribution < 1.29 is 0 Å². The first-order valence-electron chi connectivity index (χ1n) is 8.54. The highest BCUT2D eigenvalue weighted by molar-refractivity contribution is 5.86. The third kappa shape index (κ3) is 2.39. The van der Waals surface area contributed by atoms with Gasteiger partial charge in [0.25, 0.3) is 0 Å². The van der Waals surface area contributed by atoms with E-state index in [9.17, 15) is 0 Å². The molecule has 0 bridgehead atoms. The molecule has 4 aromatic rings. The average Bonchev–Trinajstić information content (AvgIpc) is 3.02. The number of hydrogen-bond acceptors (Lipinski definition) is 1. The highest BCUT2D eigenvalue weighted by Gasteiger charge is 2.09.